The smallest absolute Gasteiger partial charge is 0.389 e. The third kappa shape index (κ3) is 2.81. The minimum atomic E-state index is -3.58. The molecule has 1 unspecified atom stereocenters. The maximum atomic E-state index is 12.3. The maximum absolute atomic E-state index is 12.3. The Morgan fingerprint density at radius 1 is 1.19 bits per heavy atom. The predicted octanol–water partition coefficient (Wildman–Crippen LogP) is 3.44. The first-order valence-electron chi connectivity index (χ1n) is 8.61. The molecule has 1 atom stereocenters. The summed E-state index contributed by atoms with van der Waals surface area (Å²) in [6, 6.07) is 5.83. The summed E-state index contributed by atoms with van der Waals surface area (Å²) >= 11 is 1.59. The summed E-state index contributed by atoms with van der Waals surface area (Å²) in [5.41, 5.74) is 11.4. The molecule has 1 N–H and O–H groups in total. The number of hydrogen-bond acceptors (Lipinski definition) is 6. The number of nitrogens with one attached hydrogen (secondary N) is 1. The summed E-state index contributed by atoms with van der Waals surface area (Å²) in [6.07, 6.45) is 1.14. The highest BCUT2D eigenvalue weighted by atomic mass is 32.2. The van der Waals surface area contributed by atoms with Gasteiger partial charge in [-0.05, 0) is 46.2 Å². The Kier molecular flexibility index (Phi) is 4.27. The van der Waals surface area contributed by atoms with E-state index in [4.69, 9.17) is 15.0 Å². The number of thiophene rings is 1. The average molecular weight is 394 g/mol. The second-order valence-corrected chi connectivity index (χ2v) is 10.1. The van der Waals surface area contributed by atoms with Crippen LogP contribution in [0.4, 0.5) is 0 Å². The van der Waals surface area contributed by atoms with E-state index in [1.807, 2.05) is 17.5 Å². The second kappa shape index (κ2) is 6.35. The highest BCUT2D eigenvalue weighted by Crippen LogP contribution is 2.46. The first-order valence-corrected chi connectivity index (χ1v) is 11.0. The lowest BCUT2D eigenvalue weighted by Gasteiger charge is -2.16. The molecule has 4 rings (SSSR count). The summed E-state index contributed by atoms with van der Waals surface area (Å²) in [5.74, 6) is 1.58. The Bertz CT molecular complexity index is 979. The van der Waals surface area contributed by atoms with Crippen LogP contribution in [0.5, 0.6) is 11.5 Å². The predicted molar refractivity (Wildman–Crippen MR) is 99.0 cm³/mol. The van der Waals surface area contributed by atoms with Crippen LogP contribution in [0.15, 0.2) is 23.6 Å². The van der Waals surface area contributed by atoms with Gasteiger partial charge in [0.2, 0.25) is 6.04 Å². The summed E-state index contributed by atoms with van der Waals surface area (Å²) in [4.78, 5) is 1.03. The molecule has 8 heteroatoms. The van der Waals surface area contributed by atoms with Gasteiger partial charge in [-0.3, -0.25) is 0 Å². The van der Waals surface area contributed by atoms with Crippen LogP contribution in [-0.4, -0.2) is 37.0 Å². The molecule has 2 heterocycles. The van der Waals surface area contributed by atoms with E-state index in [-0.39, 0.29) is 6.04 Å². The molecule has 1 aliphatic heterocycles. The number of sulfonamides is 1. The zero-order valence-corrected chi connectivity index (χ0v) is 16.3. The van der Waals surface area contributed by atoms with E-state index in [0.717, 1.165) is 37.2 Å². The number of nitrogens with zero attached hydrogens (tertiary/aromatic N) is 1. The van der Waals surface area contributed by atoms with Gasteiger partial charge >= 0.3 is 10.0 Å². The van der Waals surface area contributed by atoms with Gasteiger partial charge in [-0.1, -0.05) is 12.1 Å². The van der Waals surface area contributed by atoms with Crippen LogP contribution in [0.25, 0.3) is 10.4 Å². The van der Waals surface area contributed by atoms with Gasteiger partial charge in [-0.2, -0.15) is 8.42 Å². The minimum absolute atomic E-state index is 0.343. The van der Waals surface area contributed by atoms with E-state index in [2.05, 4.69) is 6.07 Å². The second-order valence-electron chi connectivity index (χ2n) is 6.89. The molecule has 0 saturated heterocycles. The highest BCUT2D eigenvalue weighted by Gasteiger charge is 2.40. The van der Waals surface area contributed by atoms with Crippen LogP contribution in [0, 0.1) is 5.53 Å². The van der Waals surface area contributed by atoms with Gasteiger partial charge in [-0.15, -0.1) is 11.3 Å². The average Bonchev–Trinajstić information content (AvgIpc) is 3.24. The lowest BCUT2D eigenvalue weighted by molar-refractivity contribution is -0.506. The van der Waals surface area contributed by atoms with Gasteiger partial charge in [0, 0.05) is 18.2 Å². The van der Waals surface area contributed by atoms with Crippen molar-refractivity contribution in [2.45, 2.75) is 38.0 Å². The fourth-order valence-electron chi connectivity index (χ4n) is 3.40. The molecule has 0 radical (unpaired) electrons. The van der Waals surface area contributed by atoms with E-state index in [0.29, 0.717) is 26.1 Å². The van der Waals surface area contributed by atoms with Crippen molar-refractivity contribution in [2.75, 3.05) is 13.2 Å². The molecule has 2 aromatic rings. The summed E-state index contributed by atoms with van der Waals surface area (Å²) in [5, 5.41) is 1.37. The fourth-order valence-corrected chi connectivity index (χ4v) is 5.35. The van der Waals surface area contributed by atoms with Gasteiger partial charge in [0.15, 0.2) is 11.5 Å². The van der Waals surface area contributed by atoms with Crippen molar-refractivity contribution >= 4 is 21.4 Å². The highest BCUT2D eigenvalue weighted by molar-refractivity contribution is 7.85. The van der Waals surface area contributed by atoms with E-state index in [1.54, 1.807) is 25.2 Å². The van der Waals surface area contributed by atoms with Crippen molar-refractivity contribution in [1.29, 1.82) is 5.53 Å². The lowest BCUT2D eigenvalue weighted by atomic mass is 10.1. The molecule has 2 aliphatic rings. The van der Waals surface area contributed by atoms with Crippen LogP contribution >= 0.6 is 11.3 Å². The quantitative estimate of drug-likeness (QED) is 0.637. The normalized spacial score (nSPS) is 18.8. The molecule has 26 heavy (non-hydrogen) atoms. The Morgan fingerprint density at radius 2 is 1.92 bits per heavy atom. The Hall–Kier alpha value is -1.93. The van der Waals surface area contributed by atoms with Crippen LogP contribution in [0.2, 0.25) is 0 Å². The largest absolute Gasteiger partial charge is 0.485 e. The Morgan fingerprint density at radius 3 is 2.69 bits per heavy atom. The maximum Gasteiger partial charge on any atom is 0.389 e. The molecule has 0 spiro atoms. The van der Waals surface area contributed by atoms with Crippen LogP contribution in [-0.2, 0) is 22.9 Å². The van der Waals surface area contributed by atoms with Crippen LogP contribution in [0.1, 0.15) is 25.0 Å². The third-order valence-electron chi connectivity index (χ3n) is 4.88. The van der Waals surface area contributed by atoms with Gasteiger partial charge in [0.1, 0.15) is 18.5 Å². The van der Waals surface area contributed by atoms with E-state index >= 15 is 0 Å². The SMILES string of the molecule is CC(C)S(=O)(=O)[N+](=N)C1Cc2ccc(-c3scc4c3OCCO4)cc2C1. The summed E-state index contributed by atoms with van der Waals surface area (Å²) < 4.78 is 36.8. The molecule has 1 aliphatic carbocycles. The van der Waals surface area contributed by atoms with E-state index in [1.165, 1.54) is 0 Å². The molecular weight excluding hydrogens is 372 g/mol. The van der Waals surface area contributed by atoms with Crippen molar-refractivity contribution in [1.82, 2.24) is 0 Å². The van der Waals surface area contributed by atoms with E-state index in [9.17, 15) is 8.42 Å². The van der Waals surface area contributed by atoms with Crippen molar-refractivity contribution < 1.29 is 22.0 Å². The zero-order valence-electron chi connectivity index (χ0n) is 14.7. The van der Waals surface area contributed by atoms with Crippen molar-refractivity contribution in [3.05, 3.63) is 34.7 Å². The van der Waals surface area contributed by atoms with Gasteiger partial charge < -0.3 is 9.47 Å². The molecule has 0 bridgehead atoms. The molecule has 1 aromatic carbocycles. The number of hydrogen-bond donors (Lipinski definition) is 1. The molecule has 0 amide bonds. The number of fused-ring (bicyclic) bond motifs is 2. The topological polar surface area (TPSA) is 79.5 Å². The van der Waals surface area contributed by atoms with E-state index < -0.39 is 15.3 Å². The van der Waals surface area contributed by atoms with Crippen LogP contribution < -0.4 is 9.47 Å². The molecule has 0 saturated carbocycles. The summed E-state index contributed by atoms with van der Waals surface area (Å²) in [6.45, 7) is 4.33. The molecule has 138 valence electrons. The lowest BCUT2D eigenvalue weighted by Crippen LogP contribution is -2.34. The Labute approximate surface area is 156 Å². The minimum Gasteiger partial charge on any atom is -0.485 e. The van der Waals surface area contributed by atoms with Gasteiger partial charge in [0.05, 0.1) is 4.88 Å². The number of ether oxygens (including phenoxy) is 2. The first-order chi connectivity index (χ1) is 12.4. The van der Waals surface area contributed by atoms with Gasteiger partial charge in [-0.25, -0.2) is 0 Å². The zero-order chi connectivity index (χ0) is 18.5. The molecule has 1 aromatic heterocycles. The fraction of sp³-hybridized carbons (Fsp3) is 0.444. The molecule has 0 fully saturated rings. The monoisotopic (exact) mass is 393 g/mol. The van der Waals surface area contributed by atoms with Gasteiger partial charge in [0.25, 0.3) is 0 Å². The standard InChI is InChI=1S/C18H21N2O4S2/c1-11(2)26(21,22)20(19)15-8-12-3-4-13(7-14(12)9-15)18-17-16(10-25-18)23-5-6-24-17/h3-4,7,10-11,15,19H,5-6,8-9H2,1-2H3/q+1. The number of benzene rings is 1. The molecular formula is C18H21N2O4S2+. The Balaban J connectivity index is 1.62. The third-order valence-corrected chi connectivity index (χ3v) is 7.91. The summed E-state index contributed by atoms with van der Waals surface area (Å²) in [7, 11) is -3.58. The van der Waals surface area contributed by atoms with Crippen molar-refractivity contribution in [3.63, 3.8) is 0 Å². The van der Waals surface area contributed by atoms with Crippen molar-refractivity contribution in [2.24, 2.45) is 0 Å². The first kappa shape index (κ1) is 17.5. The molecule has 6 nitrogen and oxygen atoms in total. The number of rotatable bonds is 4. The van der Waals surface area contributed by atoms with Crippen LogP contribution in [0.3, 0.4) is 0 Å². The van der Waals surface area contributed by atoms with Crippen molar-refractivity contribution in [3.8, 4) is 21.9 Å².